The fraction of sp³-hybridized carbons (Fsp3) is 0.360. The molecule has 7 nitrogen and oxygen atoms in total. The predicted octanol–water partition coefficient (Wildman–Crippen LogP) is 3.87. The van der Waals surface area contributed by atoms with E-state index in [0.29, 0.717) is 30.2 Å². The molecule has 0 N–H and O–H groups in total. The van der Waals surface area contributed by atoms with Gasteiger partial charge in [-0.05, 0) is 35.6 Å². The number of anilines is 1. The Morgan fingerprint density at radius 2 is 1.78 bits per heavy atom. The third-order valence-corrected chi connectivity index (χ3v) is 6.57. The molecule has 1 saturated carbocycles. The lowest BCUT2D eigenvalue weighted by Gasteiger charge is -2.34. The van der Waals surface area contributed by atoms with Crippen LogP contribution in [0.5, 0.6) is 11.5 Å². The first-order valence-electron chi connectivity index (χ1n) is 11.1. The maximum atomic E-state index is 9.64. The van der Waals surface area contributed by atoms with Crippen molar-refractivity contribution >= 4 is 5.88 Å². The van der Waals surface area contributed by atoms with E-state index in [2.05, 4.69) is 57.3 Å². The van der Waals surface area contributed by atoms with Crippen LogP contribution in [0, 0.1) is 11.3 Å². The number of benzene rings is 2. The van der Waals surface area contributed by atoms with Crippen molar-refractivity contribution in [2.75, 3.05) is 37.9 Å². The van der Waals surface area contributed by atoms with Gasteiger partial charge in [0.25, 0.3) is 0 Å². The maximum absolute atomic E-state index is 9.64. The average Bonchev–Trinajstić information content (AvgIpc) is 3.30. The van der Waals surface area contributed by atoms with Crippen molar-refractivity contribution in [2.24, 2.45) is 0 Å². The van der Waals surface area contributed by atoms with E-state index in [9.17, 15) is 5.26 Å². The summed E-state index contributed by atoms with van der Waals surface area (Å²) in [5.41, 5.74) is 2.93. The molecule has 3 aromatic rings. The van der Waals surface area contributed by atoms with Crippen molar-refractivity contribution in [1.29, 1.82) is 5.26 Å². The minimum atomic E-state index is 0.269. The van der Waals surface area contributed by atoms with E-state index >= 15 is 0 Å². The van der Waals surface area contributed by atoms with Gasteiger partial charge in [-0.1, -0.05) is 36.4 Å². The lowest BCUT2D eigenvalue weighted by atomic mass is 10.1. The molecule has 32 heavy (non-hydrogen) atoms. The summed E-state index contributed by atoms with van der Waals surface area (Å²) in [5.74, 6) is 3.67. The summed E-state index contributed by atoms with van der Waals surface area (Å²) in [7, 11) is 0. The molecule has 2 aromatic carbocycles. The lowest BCUT2D eigenvalue weighted by Crippen LogP contribution is -2.46. The molecule has 1 aliphatic carbocycles. The molecule has 7 heteroatoms. The number of piperazine rings is 1. The Bertz CT molecular complexity index is 1160. The van der Waals surface area contributed by atoms with Crippen molar-refractivity contribution < 1.29 is 13.9 Å². The molecule has 1 aromatic heterocycles. The van der Waals surface area contributed by atoms with Gasteiger partial charge < -0.3 is 18.8 Å². The van der Waals surface area contributed by atoms with Crippen molar-refractivity contribution in [3.05, 3.63) is 71.2 Å². The number of oxazole rings is 1. The van der Waals surface area contributed by atoms with Crippen LogP contribution in [0.15, 0.2) is 52.9 Å². The molecule has 2 aliphatic heterocycles. The molecule has 162 valence electrons. The molecule has 2 atom stereocenters. The van der Waals surface area contributed by atoms with E-state index in [1.807, 2.05) is 12.1 Å². The largest absolute Gasteiger partial charge is 0.454 e. The summed E-state index contributed by atoms with van der Waals surface area (Å²) < 4.78 is 17.1. The van der Waals surface area contributed by atoms with Gasteiger partial charge in [-0.3, -0.25) is 4.90 Å². The summed E-state index contributed by atoms with van der Waals surface area (Å²) in [6.07, 6.45) is 1.03. The quantitative estimate of drug-likeness (QED) is 0.611. The fourth-order valence-electron chi connectivity index (χ4n) is 4.72. The zero-order valence-corrected chi connectivity index (χ0v) is 17.7. The van der Waals surface area contributed by atoms with Crippen molar-refractivity contribution in [3.63, 3.8) is 0 Å². The van der Waals surface area contributed by atoms with Crippen LogP contribution in [-0.4, -0.2) is 42.9 Å². The van der Waals surface area contributed by atoms with E-state index in [4.69, 9.17) is 13.9 Å². The maximum Gasteiger partial charge on any atom is 0.234 e. The van der Waals surface area contributed by atoms with Crippen molar-refractivity contribution in [2.45, 2.75) is 24.8 Å². The predicted molar refractivity (Wildman–Crippen MR) is 118 cm³/mol. The molecule has 3 heterocycles. The van der Waals surface area contributed by atoms with Gasteiger partial charge in [0.1, 0.15) is 6.07 Å². The monoisotopic (exact) mass is 428 g/mol. The van der Waals surface area contributed by atoms with Crippen LogP contribution in [0.4, 0.5) is 5.88 Å². The zero-order valence-electron chi connectivity index (χ0n) is 17.7. The summed E-state index contributed by atoms with van der Waals surface area (Å²) in [6.45, 7) is 4.56. The van der Waals surface area contributed by atoms with Gasteiger partial charge in [-0.15, -0.1) is 0 Å². The second-order valence-electron chi connectivity index (χ2n) is 8.63. The minimum Gasteiger partial charge on any atom is -0.454 e. The molecule has 1 saturated heterocycles. The van der Waals surface area contributed by atoms with E-state index in [-0.39, 0.29) is 5.92 Å². The van der Waals surface area contributed by atoms with Gasteiger partial charge in [-0.25, -0.2) is 4.98 Å². The summed E-state index contributed by atoms with van der Waals surface area (Å²) in [5, 5.41) is 9.64. The Balaban J connectivity index is 1.10. The Hall–Kier alpha value is -3.50. The summed E-state index contributed by atoms with van der Waals surface area (Å²) in [6, 6.07) is 18.8. The Morgan fingerprint density at radius 3 is 2.59 bits per heavy atom. The molecular weight excluding hydrogens is 404 g/mol. The highest BCUT2D eigenvalue weighted by molar-refractivity contribution is 5.49. The number of ether oxygens (including phenoxy) is 2. The molecule has 3 aliphatic rings. The van der Waals surface area contributed by atoms with Crippen LogP contribution in [0.1, 0.15) is 41.0 Å². The van der Waals surface area contributed by atoms with Gasteiger partial charge >= 0.3 is 0 Å². The number of hydrogen-bond donors (Lipinski definition) is 0. The molecule has 2 fully saturated rings. The SMILES string of the molecule is N#Cc1nc([C@@H]2C[C@H]2c2ccccc2)oc1N1CCN(Cc2ccc3c(c2)OCO3)CC1. The van der Waals surface area contributed by atoms with Gasteiger partial charge in [0, 0.05) is 38.6 Å². The molecule has 0 spiro atoms. The van der Waals surface area contributed by atoms with E-state index in [1.54, 1.807) is 0 Å². The molecular formula is C25H24N4O3. The van der Waals surface area contributed by atoms with Crippen LogP contribution in [-0.2, 0) is 6.54 Å². The molecule has 6 rings (SSSR count). The van der Waals surface area contributed by atoms with E-state index < -0.39 is 0 Å². The van der Waals surface area contributed by atoms with E-state index in [0.717, 1.165) is 50.6 Å². The standard InChI is InChI=1S/C25H24N4O3/c26-14-21-25(32-24(27-21)20-13-19(20)18-4-2-1-3-5-18)29-10-8-28(9-11-29)15-17-6-7-22-23(12-17)31-16-30-22/h1-7,12,19-20H,8-11,13,15-16H2/t19-,20+/m0/s1. The fourth-order valence-corrected chi connectivity index (χ4v) is 4.72. The third kappa shape index (κ3) is 3.57. The summed E-state index contributed by atoms with van der Waals surface area (Å²) >= 11 is 0. The molecule has 0 amide bonds. The lowest BCUT2D eigenvalue weighted by molar-refractivity contribution is 0.174. The first kappa shape index (κ1) is 19.2. The number of aromatic nitrogens is 1. The van der Waals surface area contributed by atoms with Gasteiger partial charge in [-0.2, -0.15) is 5.26 Å². The highest BCUT2D eigenvalue weighted by atomic mass is 16.7. The number of hydrogen-bond acceptors (Lipinski definition) is 7. The first-order valence-corrected chi connectivity index (χ1v) is 11.1. The Morgan fingerprint density at radius 1 is 0.969 bits per heavy atom. The normalized spacial score (nSPS) is 22.0. The number of nitrogens with zero attached hydrogens (tertiary/aromatic N) is 4. The van der Waals surface area contributed by atoms with Crippen LogP contribution < -0.4 is 14.4 Å². The van der Waals surface area contributed by atoms with Crippen molar-refractivity contribution in [1.82, 2.24) is 9.88 Å². The third-order valence-electron chi connectivity index (χ3n) is 6.57. The minimum absolute atomic E-state index is 0.269. The van der Waals surface area contributed by atoms with Gasteiger partial charge in [0.2, 0.25) is 24.3 Å². The molecule has 0 unspecified atom stereocenters. The molecule has 0 radical (unpaired) electrons. The summed E-state index contributed by atoms with van der Waals surface area (Å²) in [4.78, 5) is 9.12. The Kier molecular flexibility index (Phi) is 4.73. The van der Waals surface area contributed by atoms with Crippen molar-refractivity contribution in [3.8, 4) is 17.6 Å². The smallest absolute Gasteiger partial charge is 0.234 e. The first-order chi connectivity index (χ1) is 15.8. The van der Waals surface area contributed by atoms with Gasteiger partial charge in [0.05, 0.1) is 0 Å². The van der Waals surface area contributed by atoms with Crippen LogP contribution in [0.3, 0.4) is 0 Å². The Labute approximate surface area is 186 Å². The highest BCUT2D eigenvalue weighted by Gasteiger charge is 2.44. The van der Waals surface area contributed by atoms with Gasteiger partial charge in [0.15, 0.2) is 11.5 Å². The second-order valence-corrected chi connectivity index (χ2v) is 8.63. The van der Waals surface area contributed by atoms with Crippen LogP contribution in [0.2, 0.25) is 0 Å². The zero-order chi connectivity index (χ0) is 21.5. The number of fused-ring (bicyclic) bond motifs is 1. The molecule has 0 bridgehead atoms. The van der Waals surface area contributed by atoms with Crippen LogP contribution >= 0.6 is 0 Å². The number of rotatable bonds is 5. The second kappa shape index (κ2) is 7.88. The van der Waals surface area contributed by atoms with E-state index in [1.165, 1.54) is 11.1 Å². The highest BCUT2D eigenvalue weighted by Crippen LogP contribution is 2.54. The van der Waals surface area contributed by atoms with Crippen LogP contribution in [0.25, 0.3) is 0 Å². The number of nitriles is 1. The topological polar surface area (TPSA) is 74.8 Å². The average molecular weight is 428 g/mol.